The first-order chi connectivity index (χ1) is 8.18. The number of piperidine rings is 1. The Balaban J connectivity index is 1.66. The van der Waals surface area contributed by atoms with Crippen LogP contribution in [0.2, 0.25) is 0 Å². The highest BCUT2D eigenvalue weighted by Gasteiger charge is 2.31. The lowest BCUT2D eigenvalue weighted by Gasteiger charge is -2.39. The second kappa shape index (κ2) is 6.44. The largest absolute Gasteiger partial charge is 0.311 e. The summed E-state index contributed by atoms with van der Waals surface area (Å²) >= 11 is 2.12. The van der Waals surface area contributed by atoms with E-state index in [1.54, 1.807) is 0 Å². The number of likely N-dealkylation sites (tertiary alicyclic amines) is 1. The molecule has 1 N–H and O–H groups in total. The predicted octanol–water partition coefficient (Wildman–Crippen LogP) is 2.59. The van der Waals surface area contributed by atoms with Crippen molar-refractivity contribution in [3.63, 3.8) is 0 Å². The molecule has 0 aliphatic carbocycles. The van der Waals surface area contributed by atoms with Gasteiger partial charge in [0.1, 0.15) is 0 Å². The molecule has 1 unspecified atom stereocenters. The standard InChI is InChI=1S/C14H28N2S/c1-14(2)6-11-17-12-13(14)15-7-10-16-8-4-3-5-9-16/h13,15H,3-12H2,1-2H3. The lowest BCUT2D eigenvalue weighted by Crippen LogP contribution is -2.49. The fourth-order valence-corrected chi connectivity index (χ4v) is 4.49. The van der Waals surface area contributed by atoms with E-state index in [1.165, 1.54) is 63.4 Å². The van der Waals surface area contributed by atoms with Gasteiger partial charge in [-0.15, -0.1) is 0 Å². The van der Waals surface area contributed by atoms with Crippen LogP contribution in [0.25, 0.3) is 0 Å². The van der Waals surface area contributed by atoms with Gasteiger partial charge in [0, 0.05) is 24.9 Å². The minimum absolute atomic E-state index is 0.493. The Morgan fingerprint density at radius 3 is 2.71 bits per heavy atom. The van der Waals surface area contributed by atoms with Crippen LogP contribution in [0.1, 0.15) is 39.5 Å². The van der Waals surface area contributed by atoms with Gasteiger partial charge in [0.05, 0.1) is 0 Å². The molecule has 2 aliphatic rings. The van der Waals surface area contributed by atoms with Gasteiger partial charge in [0.15, 0.2) is 0 Å². The molecule has 0 bridgehead atoms. The summed E-state index contributed by atoms with van der Waals surface area (Å²) in [6.07, 6.45) is 5.62. The van der Waals surface area contributed by atoms with Crippen LogP contribution in [0, 0.1) is 5.41 Å². The van der Waals surface area contributed by atoms with Gasteiger partial charge < -0.3 is 10.2 Å². The summed E-state index contributed by atoms with van der Waals surface area (Å²) in [5.74, 6) is 2.64. The topological polar surface area (TPSA) is 15.3 Å². The smallest absolute Gasteiger partial charge is 0.0210 e. The first-order valence-electron chi connectivity index (χ1n) is 7.22. The molecule has 0 spiro atoms. The summed E-state index contributed by atoms with van der Waals surface area (Å²) in [5, 5.41) is 3.80. The quantitative estimate of drug-likeness (QED) is 0.832. The number of hydrogen-bond acceptors (Lipinski definition) is 3. The van der Waals surface area contributed by atoms with Gasteiger partial charge in [-0.1, -0.05) is 20.3 Å². The zero-order chi connectivity index (χ0) is 12.1. The molecular formula is C14H28N2S. The van der Waals surface area contributed by atoms with Gasteiger partial charge in [-0.3, -0.25) is 0 Å². The van der Waals surface area contributed by atoms with E-state index < -0.39 is 0 Å². The fraction of sp³-hybridized carbons (Fsp3) is 1.00. The lowest BCUT2D eigenvalue weighted by atomic mass is 9.82. The molecule has 0 aromatic carbocycles. The first-order valence-corrected chi connectivity index (χ1v) is 8.37. The summed E-state index contributed by atoms with van der Waals surface area (Å²) in [4.78, 5) is 2.62. The number of nitrogens with one attached hydrogen (secondary N) is 1. The molecule has 2 nitrogen and oxygen atoms in total. The SMILES string of the molecule is CC1(C)CCSCC1NCCN1CCCCC1. The molecule has 0 amide bonds. The molecule has 2 rings (SSSR count). The van der Waals surface area contributed by atoms with Crippen LogP contribution in [0.4, 0.5) is 0 Å². The second-order valence-corrected chi connectivity index (χ2v) is 7.37. The van der Waals surface area contributed by atoms with Crippen LogP contribution in [-0.2, 0) is 0 Å². The molecule has 100 valence electrons. The summed E-state index contributed by atoms with van der Waals surface area (Å²) in [6.45, 7) is 9.91. The van der Waals surface area contributed by atoms with Crippen molar-refractivity contribution in [1.82, 2.24) is 10.2 Å². The maximum absolute atomic E-state index is 3.80. The number of thioether (sulfide) groups is 1. The van der Waals surface area contributed by atoms with E-state index in [2.05, 4.69) is 35.8 Å². The molecule has 2 saturated heterocycles. The Bertz CT molecular complexity index is 224. The van der Waals surface area contributed by atoms with E-state index in [0.717, 1.165) is 0 Å². The highest BCUT2D eigenvalue weighted by Crippen LogP contribution is 2.33. The van der Waals surface area contributed by atoms with Crippen LogP contribution < -0.4 is 5.32 Å². The third-order valence-corrected chi connectivity index (χ3v) is 5.45. The fourth-order valence-electron chi connectivity index (χ4n) is 2.85. The van der Waals surface area contributed by atoms with E-state index >= 15 is 0 Å². The minimum atomic E-state index is 0.493. The number of nitrogens with zero attached hydrogens (tertiary/aromatic N) is 1. The molecule has 2 heterocycles. The first kappa shape index (κ1) is 13.7. The van der Waals surface area contributed by atoms with Gasteiger partial charge in [0.2, 0.25) is 0 Å². The monoisotopic (exact) mass is 256 g/mol. The van der Waals surface area contributed by atoms with Gasteiger partial charge in [-0.25, -0.2) is 0 Å². The molecule has 1 atom stereocenters. The molecule has 2 fully saturated rings. The molecule has 17 heavy (non-hydrogen) atoms. The van der Waals surface area contributed by atoms with Crippen molar-refractivity contribution >= 4 is 11.8 Å². The van der Waals surface area contributed by atoms with Gasteiger partial charge >= 0.3 is 0 Å². The maximum atomic E-state index is 3.80. The third-order valence-electron chi connectivity index (χ3n) is 4.39. The van der Waals surface area contributed by atoms with Crippen molar-refractivity contribution in [3.05, 3.63) is 0 Å². The van der Waals surface area contributed by atoms with Crippen molar-refractivity contribution in [1.29, 1.82) is 0 Å². The normalized spacial score (nSPS) is 30.4. The summed E-state index contributed by atoms with van der Waals surface area (Å²) in [5.41, 5.74) is 0.493. The Morgan fingerprint density at radius 2 is 2.00 bits per heavy atom. The van der Waals surface area contributed by atoms with Crippen molar-refractivity contribution in [2.45, 2.75) is 45.6 Å². The average molecular weight is 256 g/mol. The highest BCUT2D eigenvalue weighted by atomic mass is 32.2. The van der Waals surface area contributed by atoms with Crippen molar-refractivity contribution in [2.75, 3.05) is 37.7 Å². The Morgan fingerprint density at radius 1 is 1.24 bits per heavy atom. The van der Waals surface area contributed by atoms with Crippen LogP contribution >= 0.6 is 11.8 Å². The van der Waals surface area contributed by atoms with Crippen LogP contribution in [-0.4, -0.2) is 48.6 Å². The predicted molar refractivity (Wildman–Crippen MR) is 77.8 cm³/mol. The summed E-state index contributed by atoms with van der Waals surface area (Å²) in [7, 11) is 0. The zero-order valence-electron chi connectivity index (χ0n) is 11.5. The van der Waals surface area contributed by atoms with Crippen molar-refractivity contribution in [2.24, 2.45) is 5.41 Å². The van der Waals surface area contributed by atoms with Crippen LogP contribution in [0.3, 0.4) is 0 Å². The van der Waals surface area contributed by atoms with E-state index in [1.807, 2.05) is 0 Å². The van der Waals surface area contributed by atoms with Gasteiger partial charge in [-0.05, 0) is 43.5 Å². The molecular weight excluding hydrogens is 228 g/mol. The molecule has 0 aromatic heterocycles. The van der Waals surface area contributed by atoms with Crippen molar-refractivity contribution in [3.8, 4) is 0 Å². The van der Waals surface area contributed by atoms with E-state index in [-0.39, 0.29) is 0 Å². The van der Waals surface area contributed by atoms with E-state index in [4.69, 9.17) is 0 Å². The molecule has 0 radical (unpaired) electrons. The Labute approximate surface area is 111 Å². The second-order valence-electron chi connectivity index (χ2n) is 6.22. The molecule has 0 saturated carbocycles. The number of hydrogen-bond donors (Lipinski definition) is 1. The molecule has 3 heteroatoms. The van der Waals surface area contributed by atoms with E-state index in [0.29, 0.717) is 11.5 Å². The minimum Gasteiger partial charge on any atom is -0.311 e. The third kappa shape index (κ3) is 4.15. The molecule has 0 aromatic rings. The summed E-state index contributed by atoms with van der Waals surface area (Å²) < 4.78 is 0. The average Bonchev–Trinajstić information content (AvgIpc) is 2.32. The van der Waals surface area contributed by atoms with Gasteiger partial charge in [-0.2, -0.15) is 11.8 Å². The zero-order valence-corrected chi connectivity index (χ0v) is 12.3. The highest BCUT2D eigenvalue weighted by molar-refractivity contribution is 7.99. The maximum Gasteiger partial charge on any atom is 0.0210 e. The Kier molecular flexibility index (Phi) is 5.19. The number of rotatable bonds is 4. The van der Waals surface area contributed by atoms with E-state index in [9.17, 15) is 0 Å². The Hall–Kier alpha value is 0.270. The van der Waals surface area contributed by atoms with Crippen molar-refractivity contribution < 1.29 is 0 Å². The van der Waals surface area contributed by atoms with Crippen LogP contribution in [0.5, 0.6) is 0 Å². The summed E-state index contributed by atoms with van der Waals surface area (Å²) in [6, 6.07) is 0.714. The van der Waals surface area contributed by atoms with Gasteiger partial charge in [0.25, 0.3) is 0 Å². The lowest BCUT2D eigenvalue weighted by molar-refractivity contribution is 0.205. The molecule has 2 aliphatic heterocycles. The van der Waals surface area contributed by atoms with Crippen LogP contribution in [0.15, 0.2) is 0 Å².